The molecule has 3 aromatic rings. The van der Waals surface area contributed by atoms with Gasteiger partial charge in [-0.15, -0.1) is 0 Å². The first-order chi connectivity index (χ1) is 16.2. The highest BCUT2D eigenvalue weighted by Crippen LogP contribution is 2.48. The van der Waals surface area contributed by atoms with E-state index in [0.717, 1.165) is 22.2 Å². The minimum Gasteiger partial charge on any atom is -0.496 e. The molecule has 0 amide bonds. The molecule has 0 aliphatic carbocycles. The Kier molecular flexibility index (Phi) is 5.93. The van der Waals surface area contributed by atoms with E-state index in [1.54, 1.807) is 12.3 Å². The summed E-state index contributed by atoms with van der Waals surface area (Å²) in [6.07, 6.45) is 4.31. The molecule has 0 bridgehead atoms. The fraction of sp³-hybridized carbons (Fsp3) is 0.348. The molecule has 182 valence electrons. The van der Waals surface area contributed by atoms with Gasteiger partial charge in [0.05, 0.1) is 18.1 Å². The number of fused-ring (bicyclic) bond motifs is 1. The first-order valence-electron chi connectivity index (χ1n) is 10.9. The number of hydrogen-bond donors (Lipinski definition) is 3. The van der Waals surface area contributed by atoms with Crippen molar-refractivity contribution in [2.45, 2.75) is 18.1 Å². The van der Waals surface area contributed by atoms with Gasteiger partial charge in [0, 0.05) is 41.7 Å². The third-order valence-corrected chi connectivity index (χ3v) is 10.8. The van der Waals surface area contributed by atoms with Crippen molar-refractivity contribution in [1.82, 2.24) is 14.3 Å². The van der Waals surface area contributed by atoms with Gasteiger partial charge in [-0.3, -0.25) is 9.11 Å². The molecule has 0 saturated carbocycles. The van der Waals surface area contributed by atoms with Crippen molar-refractivity contribution in [1.29, 1.82) is 0 Å². The Bertz CT molecular complexity index is 1390. The lowest BCUT2D eigenvalue weighted by atomic mass is 10.0. The number of H-pyrrole nitrogens is 1. The molecule has 0 radical (unpaired) electrons. The SMILES string of the molecule is COc1ccc(F)cc1-c1ccnc2[nH]c(C3=CCN(S(=O)(=O)C4CCS(O)(O)C4)CC3)cc12. The Morgan fingerprint density at radius 3 is 2.74 bits per heavy atom. The van der Waals surface area contributed by atoms with Crippen LogP contribution in [0.5, 0.6) is 5.75 Å². The Morgan fingerprint density at radius 2 is 2.06 bits per heavy atom. The third-order valence-electron chi connectivity index (χ3n) is 6.50. The summed E-state index contributed by atoms with van der Waals surface area (Å²) >= 11 is 0. The van der Waals surface area contributed by atoms with Gasteiger partial charge in [0.25, 0.3) is 0 Å². The van der Waals surface area contributed by atoms with E-state index in [0.29, 0.717) is 29.9 Å². The Morgan fingerprint density at radius 1 is 1.24 bits per heavy atom. The molecule has 34 heavy (non-hydrogen) atoms. The van der Waals surface area contributed by atoms with Crippen LogP contribution < -0.4 is 4.74 Å². The van der Waals surface area contributed by atoms with E-state index in [4.69, 9.17) is 4.74 Å². The van der Waals surface area contributed by atoms with Crippen molar-refractivity contribution in [2.75, 3.05) is 31.7 Å². The van der Waals surface area contributed by atoms with Crippen molar-refractivity contribution < 1.29 is 26.7 Å². The molecule has 4 heterocycles. The van der Waals surface area contributed by atoms with Crippen LogP contribution in [0, 0.1) is 5.82 Å². The summed E-state index contributed by atoms with van der Waals surface area (Å²) in [6, 6.07) is 8.13. The van der Waals surface area contributed by atoms with Gasteiger partial charge >= 0.3 is 0 Å². The molecule has 0 spiro atoms. The average Bonchev–Trinajstić information content (AvgIpc) is 3.42. The molecule has 2 aliphatic rings. The van der Waals surface area contributed by atoms with Crippen LogP contribution in [-0.4, -0.2) is 68.8 Å². The Hall–Kier alpha value is -2.44. The molecular weight excluding hydrogens is 481 g/mol. The minimum absolute atomic E-state index is 0.0809. The van der Waals surface area contributed by atoms with Crippen LogP contribution in [0.25, 0.3) is 27.7 Å². The fourth-order valence-corrected chi connectivity index (χ4v) is 9.23. The topological polar surface area (TPSA) is 116 Å². The second kappa shape index (κ2) is 8.65. The van der Waals surface area contributed by atoms with E-state index >= 15 is 0 Å². The normalized spacial score (nSPS) is 22.0. The first kappa shape index (κ1) is 23.3. The standard InChI is InChI=1S/C23H26FN3O5S2/c1-32-22-3-2-16(24)12-19(22)18-4-8-25-23-20(18)13-21(26-23)15-5-9-27(10-6-15)34(30,31)17-7-11-33(28,29)14-17/h2-5,8,12-13,17,28-29H,6-7,9-11,14H2,1H3,(H,25,26). The minimum atomic E-state index is -3.60. The maximum Gasteiger partial charge on any atom is 0.218 e. The highest BCUT2D eigenvalue weighted by atomic mass is 32.3. The lowest BCUT2D eigenvalue weighted by Gasteiger charge is -2.30. The number of sulfonamides is 1. The van der Waals surface area contributed by atoms with Gasteiger partial charge in [0.15, 0.2) is 0 Å². The fourth-order valence-electron chi connectivity index (χ4n) is 4.68. The van der Waals surface area contributed by atoms with Crippen molar-refractivity contribution in [3.63, 3.8) is 0 Å². The van der Waals surface area contributed by atoms with E-state index in [-0.39, 0.29) is 30.3 Å². The molecule has 11 heteroatoms. The predicted octanol–water partition coefficient (Wildman–Crippen LogP) is 4.32. The molecule has 2 aromatic heterocycles. The third kappa shape index (κ3) is 4.22. The Balaban J connectivity index is 1.43. The van der Waals surface area contributed by atoms with Crippen molar-refractivity contribution in [3.05, 3.63) is 54.1 Å². The summed E-state index contributed by atoms with van der Waals surface area (Å²) in [7, 11) is -4.85. The van der Waals surface area contributed by atoms with E-state index in [9.17, 15) is 21.9 Å². The molecule has 1 unspecified atom stereocenters. The summed E-state index contributed by atoms with van der Waals surface area (Å²) in [5.41, 5.74) is 3.85. The monoisotopic (exact) mass is 507 g/mol. The van der Waals surface area contributed by atoms with Crippen LogP contribution in [0.2, 0.25) is 0 Å². The zero-order valence-electron chi connectivity index (χ0n) is 18.6. The number of nitrogens with one attached hydrogen (secondary N) is 1. The number of rotatable bonds is 5. The van der Waals surface area contributed by atoms with Crippen molar-refractivity contribution in [2.24, 2.45) is 0 Å². The summed E-state index contributed by atoms with van der Waals surface area (Å²) in [4.78, 5) is 7.71. The average molecular weight is 508 g/mol. The van der Waals surface area contributed by atoms with Gasteiger partial charge < -0.3 is 9.72 Å². The van der Waals surface area contributed by atoms with Crippen LogP contribution in [-0.2, 0) is 10.0 Å². The van der Waals surface area contributed by atoms with Gasteiger partial charge in [-0.2, -0.15) is 14.9 Å². The van der Waals surface area contributed by atoms with Crippen LogP contribution in [0.4, 0.5) is 4.39 Å². The van der Waals surface area contributed by atoms with E-state index in [1.165, 1.54) is 23.5 Å². The number of aromatic amines is 1. The number of pyridine rings is 1. The van der Waals surface area contributed by atoms with Crippen molar-refractivity contribution in [3.8, 4) is 16.9 Å². The number of nitrogens with zero attached hydrogens (tertiary/aromatic N) is 2. The number of aromatic nitrogens is 2. The highest BCUT2D eigenvalue weighted by molar-refractivity contribution is 8.25. The van der Waals surface area contributed by atoms with Crippen molar-refractivity contribution >= 4 is 37.2 Å². The van der Waals surface area contributed by atoms with Gasteiger partial charge in [-0.25, -0.2) is 17.8 Å². The lowest BCUT2D eigenvalue weighted by molar-refractivity contribution is 0.415. The maximum absolute atomic E-state index is 14.0. The molecule has 8 nitrogen and oxygen atoms in total. The van der Waals surface area contributed by atoms with Gasteiger partial charge in [0.2, 0.25) is 10.0 Å². The van der Waals surface area contributed by atoms with Gasteiger partial charge in [-0.1, -0.05) is 6.08 Å². The van der Waals surface area contributed by atoms with Crippen LogP contribution in [0.1, 0.15) is 18.5 Å². The summed E-state index contributed by atoms with van der Waals surface area (Å²) in [6.45, 7) is 0.540. The zero-order chi connectivity index (χ0) is 24.1. The van der Waals surface area contributed by atoms with Crippen LogP contribution in [0.15, 0.2) is 42.6 Å². The van der Waals surface area contributed by atoms with E-state index < -0.39 is 25.9 Å². The number of methoxy groups -OCH3 is 1. The quantitative estimate of drug-likeness (QED) is 0.474. The number of halogens is 1. The van der Waals surface area contributed by atoms with Gasteiger partial charge in [-0.05, 0) is 54.3 Å². The zero-order valence-corrected chi connectivity index (χ0v) is 20.2. The number of benzene rings is 1. The lowest BCUT2D eigenvalue weighted by Crippen LogP contribution is -2.41. The second-order valence-corrected chi connectivity index (χ2v) is 13.2. The second-order valence-electron chi connectivity index (χ2n) is 8.61. The first-order valence-corrected chi connectivity index (χ1v) is 14.3. The summed E-state index contributed by atoms with van der Waals surface area (Å²) < 4.78 is 66.5. The van der Waals surface area contributed by atoms with Crippen LogP contribution >= 0.6 is 10.6 Å². The predicted molar refractivity (Wildman–Crippen MR) is 132 cm³/mol. The number of ether oxygens (including phenoxy) is 1. The maximum atomic E-state index is 14.0. The molecular formula is C23H26FN3O5S2. The molecule has 5 rings (SSSR count). The Labute approximate surface area is 198 Å². The van der Waals surface area contributed by atoms with Crippen LogP contribution in [0.3, 0.4) is 0 Å². The summed E-state index contributed by atoms with van der Waals surface area (Å²) in [5, 5.41) is 0.0713. The van der Waals surface area contributed by atoms with E-state index in [1.807, 2.05) is 18.2 Å². The molecule has 2 aliphatic heterocycles. The summed E-state index contributed by atoms with van der Waals surface area (Å²) in [5.74, 6) is 0.253. The molecule has 3 N–H and O–H groups in total. The smallest absolute Gasteiger partial charge is 0.218 e. The molecule has 1 atom stereocenters. The molecule has 1 aromatic carbocycles. The molecule has 1 fully saturated rings. The molecule has 1 saturated heterocycles. The van der Waals surface area contributed by atoms with Gasteiger partial charge in [0.1, 0.15) is 17.2 Å². The van der Waals surface area contributed by atoms with E-state index in [2.05, 4.69) is 9.97 Å². The number of hydrogen-bond acceptors (Lipinski definition) is 6. The largest absolute Gasteiger partial charge is 0.496 e. The highest BCUT2D eigenvalue weighted by Gasteiger charge is 2.40.